The number of hydrazine groups is 1. The minimum atomic E-state index is -0.777. The highest BCUT2D eigenvalue weighted by Crippen LogP contribution is 2.17. The van der Waals surface area contributed by atoms with E-state index >= 15 is 0 Å². The van der Waals surface area contributed by atoms with Gasteiger partial charge in [0, 0.05) is 6.42 Å². The van der Waals surface area contributed by atoms with E-state index in [-0.39, 0.29) is 6.61 Å². The second-order valence-corrected chi connectivity index (χ2v) is 6.35. The van der Waals surface area contributed by atoms with Gasteiger partial charge in [0.2, 0.25) is 6.10 Å². The number of nitrogens with one attached hydrogen (secondary N) is 2. The first-order valence-electron chi connectivity index (χ1n) is 8.59. The van der Waals surface area contributed by atoms with Crippen LogP contribution in [0.5, 0.6) is 5.75 Å². The molecule has 0 spiro atoms. The Bertz CT molecular complexity index is 845. The molecule has 0 bridgehead atoms. The van der Waals surface area contributed by atoms with E-state index in [9.17, 15) is 9.59 Å². The van der Waals surface area contributed by atoms with E-state index in [1.54, 1.807) is 0 Å². The van der Waals surface area contributed by atoms with E-state index in [4.69, 9.17) is 9.57 Å². The number of hydrogen-bond acceptors (Lipinski definition) is 5. The van der Waals surface area contributed by atoms with Crippen molar-refractivity contribution in [3.05, 3.63) is 65.2 Å². The molecule has 27 heavy (non-hydrogen) atoms. The Hall–Kier alpha value is -3.35. The average Bonchev–Trinajstić information content (AvgIpc) is 3.15. The Kier molecular flexibility index (Phi) is 5.71. The summed E-state index contributed by atoms with van der Waals surface area (Å²) in [7, 11) is 0. The summed E-state index contributed by atoms with van der Waals surface area (Å²) in [5, 5.41) is 3.95. The van der Waals surface area contributed by atoms with E-state index in [0.717, 1.165) is 16.7 Å². The summed E-state index contributed by atoms with van der Waals surface area (Å²) in [6.45, 7) is 3.70. The van der Waals surface area contributed by atoms with Gasteiger partial charge < -0.3 is 9.57 Å². The number of carbonyl (C=O) groups is 2. The average molecular weight is 367 g/mol. The van der Waals surface area contributed by atoms with Gasteiger partial charge in [-0.25, -0.2) is 0 Å². The van der Waals surface area contributed by atoms with E-state index in [2.05, 4.69) is 16.0 Å². The Morgan fingerprint density at radius 1 is 1.11 bits per heavy atom. The molecule has 0 saturated heterocycles. The molecule has 140 valence electrons. The molecule has 2 aromatic rings. The molecule has 7 nitrogen and oxygen atoms in total. The zero-order valence-corrected chi connectivity index (χ0v) is 15.2. The number of carbonyl (C=O) groups excluding carboxylic acids is 2. The highest BCUT2D eigenvalue weighted by atomic mass is 16.6. The molecule has 0 unspecified atom stereocenters. The zero-order valence-electron chi connectivity index (χ0n) is 15.2. The number of amides is 2. The van der Waals surface area contributed by atoms with Crippen molar-refractivity contribution in [2.75, 3.05) is 6.61 Å². The van der Waals surface area contributed by atoms with Gasteiger partial charge in [0.05, 0.1) is 5.71 Å². The minimum absolute atomic E-state index is 0.208. The van der Waals surface area contributed by atoms with Crippen molar-refractivity contribution in [1.82, 2.24) is 10.9 Å². The van der Waals surface area contributed by atoms with Crippen LogP contribution in [0.25, 0.3) is 0 Å². The number of benzene rings is 2. The maximum Gasteiger partial charge on any atom is 0.282 e. The lowest BCUT2D eigenvalue weighted by Crippen LogP contribution is -2.48. The third-order valence-corrected chi connectivity index (χ3v) is 3.96. The van der Waals surface area contributed by atoms with Crippen molar-refractivity contribution in [1.29, 1.82) is 0 Å². The Morgan fingerprint density at radius 3 is 2.52 bits per heavy atom. The summed E-state index contributed by atoms with van der Waals surface area (Å²) in [5.74, 6) is -0.330. The normalized spacial score (nSPS) is 15.5. The molecule has 2 aromatic carbocycles. The van der Waals surface area contributed by atoms with Gasteiger partial charge in [0.25, 0.3) is 11.8 Å². The molecule has 2 N–H and O–H groups in total. The quantitative estimate of drug-likeness (QED) is 0.792. The van der Waals surface area contributed by atoms with Gasteiger partial charge in [-0.1, -0.05) is 41.6 Å². The molecular weight excluding hydrogens is 346 g/mol. The van der Waals surface area contributed by atoms with Crippen molar-refractivity contribution in [3.63, 3.8) is 0 Å². The van der Waals surface area contributed by atoms with Crippen LogP contribution in [0.1, 0.15) is 23.1 Å². The smallest absolute Gasteiger partial charge is 0.282 e. The highest BCUT2D eigenvalue weighted by molar-refractivity contribution is 6.04. The number of ether oxygens (including phenoxy) is 1. The first-order valence-corrected chi connectivity index (χ1v) is 8.59. The van der Waals surface area contributed by atoms with Crippen molar-refractivity contribution in [3.8, 4) is 5.75 Å². The fourth-order valence-corrected chi connectivity index (χ4v) is 2.73. The van der Waals surface area contributed by atoms with Crippen molar-refractivity contribution >= 4 is 17.5 Å². The number of nitrogens with zero attached hydrogens (tertiary/aromatic N) is 1. The number of rotatable bonds is 5. The van der Waals surface area contributed by atoms with Gasteiger partial charge in [-0.2, -0.15) is 0 Å². The third-order valence-electron chi connectivity index (χ3n) is 3.96. The number of oxime groups is 1. The van der Waals surface area contributed by atoms with Crippen LogP contribution in [0.15, 0.2) is 53.7 Å². The van der Waals surface area contributed by atoms with Crippen LogP contribution in [0.4, 0.5) is 0 Å². The fourth-order valence-electron chi connectivity index (χ4n) is 2.73. The molecule has 1 aliphatic heterocycles. The molecule has 2 amide bonds. The van der Waals surface area contributed by atoms with Crippen LogP contribution in [0, 0.1) is 13.8 Å². The van der Waals surface area contributed by atoms with Gasteiger partial charge in [-0.3, -0.25) is 20.4 Å². The molecule has 0 aromatic heterocycles. The van der Waals surface area contributed by atoms with Crippen molar-refractivity contribution in [2.24, 2.45) is 5.16 Å². The molecule has 1 heterocycles. The second kappa shape index (κ2) is 8.35. The minimum Gasteiger partial charge on any atom is -0.484 e. The number of hydrogen-bond donors (Lipinski definition) is 2. The lowest BCUT2D eigenvalue weighted by molar-refractivity contribution is -0.136. The molecule has 0 radical (unpaired) electrons. The molecule has 1 aliphatic rings. The molecular formula is C20H21N3O4. The first-order chi connectivity index (χ1) is 13.0. The summed E-state index contributed by atoms with van der Waals surface area (Å²) in [4.78, 5) is 29.2. The highest BCUT2D eigenvalue weighted by Gasteiger charge is 2.29. The van der Waals surface area contributed by atoms with Crippen LogP contribution in [-0.2, 0) is 14.4 Å². The third kappa shape index (κ3) is 5.07. The summed E-state index contributed by atoms with van der Waals surface area (Å²) >= 11 is 0. The van der Waals surface area contributed by atoms with Gasteiger partial charge in [-0.05, 0) is 42.7 Å². The topological polar surface area (TPSA) is 89.0 Å². The van der Waals surface area contributed by atoms with Crippen LogP contribution in [0.3, 0.4) is 0 Å². The molecule has 3 rings (SSSR count). The molecule has 7 heteroatoms. The lowest BCUT2D eigenvalue weighted by atomic mass is 10.1. The molecule has 0 fully saturated rings. The maximum absolute atomic E-state index is 12.1. The predicted molar refractivity (Wildman–Crippen MR) is 100 cm³/mol. The van der Waals surface area contributed by atoms with Gasteiger partial charge >= 0.3 is 0 Å². The van der Waals surface area contributed by atoms with Crippen LogP contribution in [-0.4, -0.2) is 30.2 Å². The standard InChI is InChI=1S/C20H21N3O4/c1-13-8-14(2)10-16(9-13)26-12-19(24)21-22-20(25)18-11-17(23-27-18)15-6-4-3-5-7-15/h3-10,18H,11-12H2,1-2H3,(H,21,24)(H,22,25)/t18-/m1/s1. The van der Waals surface area contributed by atoms with E-state index in [0.29, 0.717) is 17.9 Å². The first kappa shape index (κ1) is 18.4. The fraction of sp³-hybridized carbons (Fsp3) is 0.250. The van der Waals surface area contributed by atoms with Gasteiger partial charge in [-0.15, -0.1) is 0 Å². The maximum atomic E-state index is 12.1. The van der Waals surface area contributed by atoms with Crippen molar-refractivity contribution < 1.29 is 19.2 Å². The summed E-state index contributed by atoms with van der Waals surface area (Å²) in [5.41, 5.74) is 8.35. The van der Waals surface area contributed by atoms with Crippen molar-refractivity contribution in [2.45, 2.75) is 26.4 Å². The van der Waals surface area contributed by atoms with E-state index in [1.165, 1.54) is 0 Å². The lowest BCUT2D eigenvalue weighted by Gasteiger charge is -2.12. The zero-order chi connectivity index (χ0) is 19.2. The molecule has 1 atom stereocenters. The summed E-state index contributed by atoms with van der Waals surface area (Å²) < 4.78 is 5.44. The Labute approximate surface area is 157 Å². The van der Waals surface area contributed by atoms with E-state index < -0.39 is 17.9 Å². The summed E-state index contributed by atoms with van der Waals surface area (Å²) in [6.07, 6.45) is -0.439. The van der Waals surface area contributed by atoms with Gasteiger partial charge in [0.1, 0.15) is 5.75 Å². The Morgan fingerprint density at radius 2 is 1.81 bits per heavy atom. The monoisotopic (exact) mass is 367 g/mol. The van der Waals surface area contributed by atoms with Gasteiger partial charge in [0.15, 0.2) is 6.61 Å². The summed E-state index contributed by atoms with van der Waals surface area (Å²) in [6, 6.07) is 15.2. The molecule has 0 aliphatic carbocycles. The number of aryl methyl sites for hydroxylation is 2. The van der Waals surface area contributed by atoms with Crippen LogP contribution < -0.4 is 15.6 Å². The Balaban J connectivity index is 1.42. The van der Waals surface area contributed by atoms with E-state index in [1.807, 2.05) is 62.4 Å². The predicted octanol–water partition coefficient (Wildman–Crippen LogP) is 2.02. The SMILES string of the molecule is Cc1cc(C)cc(OCC(=O)NNC(=O)[C@H]2CC(c3ccccc3)=NO2)c1. The van der Waals surface area contributed by atoms with Crippen LogP contribution in [0.2, 0.25) is 0 Å². The van der Waals surface area contributed by atoms with Crippen LogP contribution >= 0.6 is 0 Å². The second-order valence-electron chi connectivity index (χ2n) is 6.35. The largest absolute Gasteiger partial charge is 0.484 e. The molecule has 0 saturated carbocycles.